The van der Waals surface area contributed by atoms with Crippen molar-refractivity contribution in [3.63, 3.8) is 0 Å². The number of hydrogen-bond acceptors (Lipinski definition) is 8. The van der Waals surface area contributed by atoms with E-state index in [4.69, 9.17) is 14.2 Å². The van der Waals surface area contributed by atoms with Gasteiger partial charge in [0.2, 0.25) is 0 Å². The molecule has 0 aliphatic heterocycles. The van der Waals surface area contributed by atoms with E-state index in [2.05, 4.69) is 15.4 Å². The van der Waals surface area contributed by atoms with Gasteiger partial charge in [-0.05, 0) is 42.8 Å². The van der Waals surface area contributed by atoms with E-state index >= 15 is 0 Å². The SMILES string of the molecule is CCOc1ccc(C(=O)Nc2ccc(F)c(F)c2)cc1NS(=O)(=O)NC(=O)OCCNC(=O)OCc1ccccc1. The van der Waals surface area contributed by atoms with Crippen molar-refractivity contribution >= 4 is 39.7 Å². The lowest BCUT2D eigenvalue weighted by Crippen LogP contribution is -2.37. The molecule has 0 spiro atoms. The molecule has 0 saturated carbocycles. The number of nitrogens with one attached hydrogen (secondary N) is 4. The van der Waals surface area contributed by atoms with Gasteiger partial charge in [0.05, 0.1) is 18.8 Å². The van der Waals surface area contributed by atoms with Crippen LogP contribution in [0, 0.1) is 11.6 Å². The van der Waals surface area contributed by atoms with Crippen molar-refractivity contribution in [1.29, 1.82) is 0 Å². The zero-order valence-corrected chi connectivity index (χ0v) is 22.4. The maximum Gasteiger partial charge on any atom is 0.422 e. The molecule has 0 radical (unpaired) electrons. The third-order valence-electron chi connectivity index (χ3n) is 5.00. The fourth-order valence-electron chi connectivity index (χ4n) is 3.19. The summed E-state index contributed by atoms with van der Waals surface area (Å²) >= 11 is 0. The summed E-state index contributed by atoms with van der Waals surface area (Å²) in [6, 6.07) is 15.4. The number of carbonyl (C=O) groups excluding carboxylic acids is 3. The van der Waals surface area contributed by atoms with Crippen LogP contribution < -0.4 is 24.8 Å². The number of ether oxygens (including phenoxy) is 3. The van der Waals surface area contributed by atoms with Crippen LogP contribution in [0.3, 0.4) is 0 Å². The molecule has 0 unspecified atom stereocenters. The molecular weight excluding hydrogens is 566 g/mol. The van der Waals surface area contributed by atoms with E-state index in [1.165, 1.54) is 12.1 Å². The summed E-state index contributed by atoms with van der Waals surface area (Å²) < 4.78 is 70.5. The molecule has 41 heavy (non-hydrogen) atoms. The largest absolute Gasteiger partial charge is 0.492 e. The van der Waals surface area contributed by atoms with E-state index < -0.39 is 39.9 Å². The summed E-state index contributed by atoms with van der Waals surface area (Å²) in [5.41, 5.74) is 0.475. The van der Waals surface area contributed by atoms with Crippen molar-refractivity contribution in [1.82, 2.24) is 10.0 Å². The summed E-state index contributed by atoms with van der Waals surface area (Å²) in [7, 11) is -4.57. The third-order valence-corrected chi connectivity index (χ3v) is 5.92. The Hall–Kier alpha value is -4.92. The first-order valence-corrected chi connectivity index (χ1v) is 13.5. The fraction of sp³-hybridized carbons (Fsp3) is 0.192. The van der Waals surface area contributed by atoms with Crippen LogP contribution >= 0.6 is 0 Å². The number of halogens is 2. The summed E-state index contributed by atoms with van der Waals surface area (Å²) in [4.78, 5) is 36.3. The lowest BCUT2D eigenvalue weighted by Gasteiger charge is -2.15. The summed E-state index contributed by atoms with van der Waals surface area (Å²) in [5, 5.41) is 4.71. The Morgan fingerprint density at radius 1 is 0.878 bits per heavy atom. The number of alkyl carbamates (subject to hydrolysis) is 1. The van der Waals surface area contributed by atoms with Gasteiger partial charge in [0.15, 0.2) is 11.6 Å². The van der Waals surface area contributed by atoms with E-state index in [0.29, 0.717) is 0 Å². The zero-order chi connectivity index (χ0) is 29.8. The Bertz CT molecular complexity index is 1490. The average Bonchev–Trinajstić information content (AvgIpc) is 2.93. The van der Waals surface area contributed by atoms with E-state index in [9.17, 15) is 31.6 Å². The molecule has 3 amide bonds. The molecule has 15 heteroatoms. The highest BCUT2D eigenvalue weighted by Crippen LogP contribution is 2.27. The minimum Gasteiger partial charge on any atom is -0.492 e. The third kappa shape index (κ3) is 9.96. The van der Waals surface area contributed by atoms with Crippen molar-refractivity contribution in [2.75, 3.05) is 29.8 Å². The number of amides is 3. The smallest absolute Gasteiger partial charge is 0.422 e. The summed E-state index contributed by atoms with van der Waals surface area (Å²) in [5.74, 6) is -2.99. The van der Waals surface area contributed by atoms with Crippen LogP contribution in [-0.4, -0.2) is 46.3 Å². The highest BCUT2D eigenvalue weighted by atomic mass is 32.2. The second-order valence-corrected chi connectivity index (χ2v) is 9.47. The predicted molar refractivity (Wildman–Crippen MR) is 144 cm³/mol. The number of hydrogen-bond donors (Lipinski definition) is 4. The minimum atomic E-state index is -4.57. The fourth-order valence-corrected chi connectivity index (χ4v) is 3.97. The van der Waals surface area contributed by atoms with Gasteiger partial charge in [-0.25, -0.2) is 23.1 Å². The van der Waals surface area contributed by atoms with Gasteiger partial charge in [-0.15, -0.1) is 0 Å². The van der Waals surface area contributed by atoms with Crippen LogP contribution in [0.5, 0.6) is 5.75 Å². The quantitative estimate of drug-likeness (QED) is 0.230. The van der Waals surface area contributed by atoms with E-state index in [0.717, 1.165) is 29.8 Å². The molecule has 0 aromatic heterocycles. The Morgan fingerprint density at radius 2 is 1.63 bits per heavy atom. The monoisotopic (exact) mass is 592 g/mol. The van der Waals surface area contributed by atoms with Crippen molar-refractivity contribution in [3.8, 4) is 5.75 Å². The Kier molecular flexibility index (Phi) is 10.8. The van der Waals surface area contributed by atoms with Gasteiger partial charge in [0, 0.05) is 17.3 Å². The van der Waals surface area contributed by atoms with Crippen LogP contribution in [0.15, 0.2) is 66.7 Å². The molecule has 3 rings (SSSR count). The molecular formula is C26H26F2N4O8S. The molecule has 0 heterocycles. The second-order valence-electron chi connectivity index (χ2n) is 8.06. The highest BCUT2D eigenvalue weighted by Gasteiger charge is 2.20. The Balaban J connectivity index is 1.53. The van der Waals surface area contributed by atoms with Crippen molar-refractivity contribution in [2.24, 2.45) is 0 Å². The standard InChI is InChI=1S/C26H26F2N4O8S/c1-2-38-23-11-8-18(24(33)30-19-9-10-20(27)21(28)15-19)14-22(23)31-41(36,37)32-26(35)39-13-12-29-25(34)40-16-17-6-4-3-5-7-17/h3-11,14-15,31H,2,12-13,16H2,1H3,(H,29,34)(H,30,33)(H,32,35). The Labute approximate surface area is 234 Å². The van der Waals surface area contributed by atoms with Crippen LogP contribution in [-0.2, 0) is 26.3 Å². The molecule has 0 bridgehead atoms. The zero-order valence-electron chi connectivity index (χ0n) is 21.6. The number of benzene rings is 3. The topological polar surface area (TPSA) is 161 Å². The number of rotatable bonds is 12. The van der Waals surface area contributed by atoms with Crippen molar-refractivity contribution in [3.05, 3.63) is 89.5 Å². The first-order chi connectivity index (χ1) is 19.6. The summed E-state index contributed by atoms with van der Waals surface area (Å²) in [6.45, 7) is 1.30. The molecule has 0 saturated heterocycles. The average molecular weight is 593 g/mol. The molecule has 12 nitrogen and oxygen atoms in total. The second kappa shape index (κ2) is 14.5. The Morgan fingerprint density at radius 3 is 2.34 bits per heavy atom. The molecule has 0 fully saturated rings. The maximum atomic E-state index is 13.5. The molecule has 3 aromatic carbocycles. The van der Waals surface area contributed by atoms with E-state index in [1.54, 1.807) is 35.9 Å². The molecule has 3 aromatic rings. The molecule has 0 aliphatic carbocycles. The maximum absolute atomic E-state index is 13.5. The minimum absolute atomic E-state index is 0.0340. The van der Waals surface area contributed by atoms with Crippen LogP contribution in [0.25, 0.3) is 0 Å². The normalized spacial score (nSPS) is 10.7. The highest BCUT2D eigenvalue weighted by molar-refractivity contribution is 7.91. The molecule has 218 valence electrons. The molecule has 4 N–H and O–H groups in total. The van der Waals surface area contributed by atoms with Gasteiger partial charge in [-0.1, -0.05) is 30.3 Å². The van der Waals surface area contributed by atoms with E-state index in [-0.39, 0.29) is 49.1 Å². The van der Waals surface area contributed by atoms with Crippen molar-refractivity contribution < 1.29 is 45.8 Å². The first-order valence-electron chi connectivity index (χ1n) is 12.0. The lowest BCUT2D eigenvalue weighted by molar-refractivity contribution is 0.102. The molecule has 0 atom stereocenters. The van der Waals surface area contributed by atoms with Gasteiger partial charge in [0.25, 0.3) is 5.91 Å². The van der Waals surface area contributed by atoms with E-state index in [1.807, 2.05) is 6.07 Å². The van der Waals surface area contributed by atoms with Crippen molar-refractivity contribution in [2.45, 2.75) is 13.5 Å². The van der Waals surface area contributed by atoms with Gasteiger partial charge in [0.1, 0.15) is 19.0 Å². The molecule has 0 aliphatic rings. The van der Waals surface area contributed by atoms with Gasteiger partial charge in [-0.2, -0.15) is 8.42 Å². The lowest BCUT2D eigenvalue weighted by atomic mass is 10.1. The van der Waals surface area contributed by atoms with Crippen LogP contribution in [0.4, 0.5) is 29.7 Å². The van der Waals surface area contributed by atoms with Gasteiger partial charge >= 0.3 is 22.4 Å². The number of carbonyl (C=O) groups is 3. The van der Waals surface area contributed by atoms with Crippen LogP contribution in [0.1, 0.15) is 22.8 Å². The first kappa shape index (κ1) is 30.6. The summed E-state index contributed by atoms with van der Waals surface area (Å²) in [6.07, 6.45) is -2.11. The number of anilines is 2. The van der Waals surface area contributed by atoms with Gasteiger partial charge < -0.3 is 24.8 Å². The van der Waals surface area contributed by atoms with Gasteiger partial charge in [-0.3, -0.25) is 9.52 Å². The predicted octanol–water partition coefficient (Wildman–Crippen LogP) is 3.93. The van der Waals surface area contributed by atoms with Crippen LogP contribution in [0.2, 0.25) is 0 Å².